The molecule has 68 valence electrons. The van der Waals surface area contributed by atoms with Crippen molar-refractivity contribution in [2.24, 2.45) is 0 Å². The molecule has 0 fully saturated rings. The van der Waals surface area contributed by atoms with Gasteiger partial charge in [0.2, 0.25) is 0 Å². The smallest absolute Gasteiger partial charge is 0.267 e. The van der Waals surface area contributed by atoms with E-state index in [1.54, 1.807) is 30.3 Å². The number of halogens is 1. The number of rotatable bonds is 2. The predicted octanol–water partition coefficient (Wildman–Crippen LogP) is 1.86. The zero-order valence-corrected chi connectivity index (χ0v) is 7.45. The molecule has 0 aromatic heterocycles. The summed E-state index contributed by atoms with van der Waals surface area (Å²) in [6.07, 6.45) is 2.77. The summed E-state index contributed by atoms with van der Waals surface area (Å²) in [5, 5.41) is 8.79. The third-order valence-corrected chi connectivity index (χ3v) is 1.62. The van der Waals surface area contributed by atoms with Gasteiger partial charge in [0.15, 0.2) is 0 Å². The van der Waals surface area contributed by atoms with Crippen molar-refractivity contribution in [1.29, 1.82) is 0 Å². The fourth-order valence-electron chi connectivity index (χ4n) is 0.819. The zero-order valence-electron chi connectivity index (χ0n) is 6.70. The standard InChI is InChI=1S/C9H8ClNO2/c10-8-3-1-2-7(6-8)4-5-9(12)11-13/h1-6,13H,(H,11,12)/b5-4+. The van der Waals surface area contributed by atoms with Crippen LogP contribution >= 0.6 is 11.6 Å². The largest absolute Gasteiger partial charge is 0.288 e. The summed E-state index contributed by atoms with van der Waals surface area (Å²) < 4.78 is 0. The van der Waals surface area contributed by atoms with Crippen molar-refractivity contribution in [1.82, 2.24) is 5.48 Å². The predicted molar refractivity (Wildman–Crippen MR) is 50.4 cm³/mol. The van der Waals surface area contributed by atoms with Gasteiger partial charge in [0.25, 0.3) is 5.91 Å². The Morgan fingerprint density at radius 2 is 2.31 bits per heavy atom. The minimum absolute atomic E-state index is 0.569. The molecule has 1 aromatic rings. The Morgan fingerprint density at radius 1 is 1.54 bits per heavy atom. The summed E-state index contributed by atoms with van der Waals surface area (Å²) in [7, 11) is 0. The SMILES string of the molecule is O=C(/C=C/c1cccc(Cl)c1)NO. The molecule has 0 bridgehead atoms. The molecule has 0 aliphatic rings. The summed E-state index contributed by atoms with van der Waals surface area (Å²) in [6, 6.07) is 7.03. The zero-order chi connectivity index (χ0) is 9.68. The van der Waals surface area contributed by atoms with Crippen LogP contribution in [0.3, 0.4) is 0 Å². The number of hydrogen-bond acceptors (Lipinski definition) is 2. The van der Waals surface area contributed by atoms with E-state index in [2.05, 4.69) is 0 Å². The minimum Gasteiger partial charge on any atom is -0.288 e. The van der Waals surface area contributed by atoms with Crippen LogP contribution in [0.25, 0.3) is 6.08 Å². The number of hydroxylamine groups is 1. The van der Waals surface area contributed by atoms with E-state index in [4.69, 9.17) is 16.8 Å². The summed E-state index contributed by atoms with van der Waals surface area (Å²) in [6.45, 7) is 0. The molecule has 13 heavy (non-hydrogen) atoms. The molecule has 3 nitrogen and oxygen atoms in total. The van der Waals surface area contributed by atoms with E-state index in [-0.39, 0.29) is 0 Å². The lowest BCUT2D eigenvalue weighted by Gasteiger charge is -1.93. The van der Waals surface area contributed by atoms with Crippen LogP contribution in [0.5, 0.6) is 0 Å². The van der Waals surface area contributed by atoms with Gasteiger partial charge in [-0.2, -0.15) is 0 Å². The van der Waals surface area contributed by atoms with Gasteiger partial charge in [-0.3, -0.25) is 10.0 Å². The maximum absolute atomic E-state index is 10.6. The van der Waals surface area contributed by atoms with E-state index in [1.807, 2.05) is 0 Å². The lowest BCUT2D eigenvalue weighted by atomic mass is 10.2. The molecular formula is C9H8ClNO2. The second-order valence-electron chi connectivity index (χ2n) is 2.36. The second-order valence-corrected chi connectivity index (χ2v) is 2.80. The number of hydrogen-bond donors (Lipinski definition) is 2. The highest BCUT2D eigenvalue weighted by Crippen LogP contribution is 2.11. The van der Waals surface area contributed by atoms with E-state index < -0.39 is 5.91 Å². The highest BCUT2D eigenvalue weighted by atomic mass is 35.5. The van der Waals surface area contributed by atoms with Gasteiger partial charge >= 0.3 is 0 Å². The van der Waals surface area contributed by atoms with Crippen LogP contribution in [0.1, 0.15) is 5.56 Å². The molecule has 4 heteroatoms. The summed E-state index contributed by atoms with van der Waals surface area (Å²) >= 11 is 5.71. The molecule has 1 rings (SSSR count). The molecule has 0 spiro atoms. The fourth-order valence-corrected chi connectivity index (χ4v) is 1.02. The van der Waals surface area contributed by atoms with Crippen LogP contribution in [0.2, 0.25) is 5.02 Å². The maximum Gasteiger partial charge on any atom is 0.267 e. The number of carbonyl (C=O) groups excluding carboxylic acids is 1. The normalized spacial score (nSPS) is 10.3. The van der Waals surface area contributed by atoms with E-state index >= 15 is 0 Å². The lowest BCUT2D eigenvalue weighted by molar-refractivity contribution is -0.124. The van der Waals surface area contributed by atoms with Gasteiger partial charge in [0.05, 0.1) is 0 Å². The maximum atomic E-state index is 10.6. The van der Waals surface area contributed by atoms with Crippen molar-refractivity contribution >= 4 is 23.6 Å². The average Bonchev–Trinajstić information content (AvgIpc) is 2.14. The first-order valence-corrected chi connectivity index (χ1v) is 3.98. The van der Waals surface area contributed by atoms with E-state index in [9.17, 15) is 4.79 Å². The highest BCUT2D eigenvalue weighted by Gasteiger charge is 1.91. The molecular weight excluding hydrogens is 190 g/mol. The molecule has 0 unspecified atom stereocenters. The third-order valence-electron chi connectivity index (χ3n) is 1.39. The first-order valence-electron chi connectivity index (χ1n) is 3.60. The van der Waals surface area contributed by atoms with Crippen LogP contribution in [0.15, 0.2) is 30.3 Å². The van der Waals surface area contributed by atoms with Crippen molar-refractivity contribution in [2.45, 2.75) is 0 Å². The quantitative estimate of drug-likeness (QED) is 0.432. The van der Waals surface area contributed by atoms with Gasteiger partial charge < -0.3 is 0 Å². The highest BCUT2D eigenvalue weighted by molar-refractivity contribution is 6.30. The Hall–Kier alpha value is -1.32. The second kappa shape index (κ2) is 4.64. The van der Waals surface area contributed by atoms with Crippen molar-refractivity contribution in [3.05, 3.63) is 40.9 Å². The van der Waals surface area contributed by atoms with Gasteiger partial charge in [0.1, 0.15) is 0 Å². The Balaban J connectivity index is 2.74. The molecule has 1 amide bonds. The van der Waals surface area contributed by atoms with E-state index in [1.165, 1.54) is 11.6 Å². The minimum atomic E-state index is -0.569. The topological polar surface area (TPSA) is 49.3 Å². The molecule has 0 saturated heterocycles. The van der Waals surface area contributed by atoms with Crippen LogP contribution in [0.4, 0.5) is 0 Å². The molecule has 2 N–H and O–H groups in total. The number of nitrogens with one attached hydrogen (secondary N) is 1. The van der Waals surface area contributed by atoms with E-state index in [0.29, 0.717) is 5.02 Å². The molecule has 0 heterocycles. The Bertz CT molecular complexity index is 336. The van der Waals surface area contributed by atoms with Crippen molar-refractivity contribution in [3.63, 3.8) is 0 Å². The van der Waals surface area contributed by atoms with Gasteiger partial charge in [-0.15, -0.1) is 0 Å². The number of benzene rings is 1. The summed E-state index contributed by atoms with van der Waals surface area (Å²) in [4.78, 5) is 10.6. The van der Waals surface area contributed by atoms with Crippen LogP contribution in [-0.2, 0) is 4.79 Å². The first kappa shape index (κ1) is 9.77. The number of carbonyl (C=O) groups is 1. The number of amides is 1. The van der Waals surface area contributed by atoms with Crippen molar-refractivity contribution < 1.29 is 10.0 Å². The van der Waals surface area contributed by atoms with Crippen LogP contribution in [-0.4, -0.2) is 11.1 Å². The average molecular weight is 198 g/mol. The lowest BCUT2D eigenvalue weighted by Crippen LogP contribution is -2.14. The van der Waals surface area contributed by atoms with Crippen molar-refractivity contribution in [3.8, 4) is 0 Å². The third kappa shape index (κ3) is 3.27. The van der Waals surface area contributed by atoms with Crippen LogP contribution < -0.4 is 5.48 Å². The molecule has 1 aromatic carbocycles. The van der Waals surface area contributed by atoms with Gasteiger partial charge in [-0.25, -0.2) is 5.48 Å². The fraction of sp³-hybridized carbons (Fsp3) is 0. The summed E-state index contributed by atoms with van der Waals surface area (Å²) in [5.41, 5.74) is 2.29. The van der Waals surface area contributed by atoms with Gasteiger partial charge in [0, 0.05) is 11.1 Å². The van der Waals surface area contributed by atoms with Crippen molar-refractivity contribution in [2.75, 3.05) is 0 Å². The monoisotopic (exact) mass is 197 g/mol. The Morgan fingerprint density at radius 3 is 2.92 bits per heavy atom. The molecule has 0 aliphatic carbocycles. The van der Waals surface area contributed by atoms with Crippen LogP contribution in [0, 0.1) is 0 Å². The first-order chi connectivity index (χ1) is 6.22. The summed E-state index contributed by atoms with van der Waals surface area (Å²) in [5.74, 6) is -0.569. The Kier molecular flexibility index (Phi) is 3.49. The molecule has 0 radical (unpaired) electrons. The van der Waals surface area contributed by atoms with E-state index in [0.717, 1.165) is 5.56 Å². The van der Waals surface area contributed by atoms with Gasteiger partial charge in [-0.1, -0.05) is 23.7 Å². The molecule has 0 saturated carbocycles. The molecule has 0 atom stereocenters. The van der Waals surface area contributed by atoms with Gasteiger partial charge in [-0.05, 0) is 23.8 Å². The molecule has 0 aliphatic heterocycles. The Labute approximate surface area is 80.6 Å².